The molecule has 0 bridgehead atoms. The molecule has 14 heavy (non-hydrogen) atoms. The van der Waals surface area contributed by atoms with Crippen LogP contribution in [-0.4, -0.2) is 33.1 Å². The molecule has 1 rings (SSSR count). The molecular weight excluding hydrogens is 208 g/mol. The van der Waals surface area contributed by atoms with Gasteiger partial charge in [-0.15, -0.1) is 0 Å². The number of phenolic OH excluding ortho intramolecular Hbond substituents is 1. The van der Waals surface area contributed by atoms with E-state index in [4.69, 9.17) is 21.8 Å². The normalized spacial score (nSPS) is 15.1. The van der Waals surface area contributed by atoms with Crippen molar-refractivity contribution in [3.63, 3.8) is 0 Å². The number of aliphatic hydroxyl groups excluding tert-OH is 3. The Balaban J connectivity index is 3.05. The fourth-order valence-corrected chi connectivity index (χ4v) is 1.39. The van der Waals surface area contributed by atoms with E-state index in [1.54, 1.807) is 0 Å². The van der Waals surface area contributed by atoms with Crippen LogP contribution in [0, 0.1) is 0 Å². The Hall–Kier alpha value is -0.810. The van der Waals surface area contributed by atoms with Crippen molar-refractivity contribution in [3.05, 3.63) is 28.8 Å². The van der Waals surface area contributed by atoms with Crippen molar-refractivity contribution in [1.29, 1.82) is 0 Å². The van der Waals surface area contributed by atoms with Gasteiger partial charge in [-0.1, -0.05) is 17.7 Å². The molecule has 5 heteroatoms. The third-order valence-electron chi connectivity index (χ3n) is 1.88. The highest BCUT2D eigenvalue weighted by Gasteiger charge is 2.22. The van der Waals surface area contributed by atoms with E-state index in [0.717, 1.165) is 0 Å². The van der Waals surface area contributed by atoms with Gasteiger partial charge in [0, 0.05) is 5.56 Å². The van der Waals surface area contributed by atoms with E-state index in [1.807, 2.05) is 0 Å². The molecule has 1 aromatic rings. The average molecular weight is 219 g/mol. The van der Waals surface area contributed by atoms with Gasteiger partial charge < -0.3 is 20.4 Å². The fourth-order valence-electron chi connectivity index (χ4n) is 1.11. The van der Waals surface area contributed by atoms with Crippen molar-refractivity contribution in [2.24, 2.45) is 0 Å². The van der Waals surface area contributed by atoms with Crippen molar-refractivity contribution in [2.45, 2.75) is 12.2 Å². The maximum Gasteiger partial charge on any atom is 0.122 e. The number of hydrogen-bond acceptors (Lipinski definition) is 4. The van der Waals surface area contributed by atoms with Gasteiger partial charge in [0.05, 0.1) is 11.6 Å². The molecule has 0 saturated heterocycles. The molecule has 4 N–H and O–H groups in total. The number of halogens is 1. The van der Waals surface area contributed by atoms with Crippen molar-refractivity contribution in [3.8, 4) is 5.75 Å². The first-order valence-electron chi connectivity index (χ1n) is 4.02. The smallest absolute Gasteiger partial charge is 0.122 e. The van der Waals surface area contributed by atoms with Crippen LogP contribution in [0.3, 0.4) is 0 Å². The predicted octanol–water partition coefficient (Wildman–Crippen LogP) is 0.432. The van der Waals surface area contributed by atoms with Gasteiger partial charge >= 0.3 is 0 Å². The minimum absolute atomic E-state index is 0.0238. The molecule has 4 nitrogen and oxygen atoms in total. The van der Waals surface area contributed by atoms with E-state index in [9.17, 15) is 10.2 Å². The summed E-state index contributed by atoms with van der Waals surface area (Å²) in [6, 6.07) is 4.33. The van der Waals surface area contributed by atoms with E-state index >= 15 is 0 Å². The van der Waals surface area contributed by atoms with Crippen molar-refractivity contribution >= 4 is 11.6 Å². The molecule has 0 heterocycles. The Morgan fingerprint density at radius 1 is 1.29 bits per heavy atom. The minimum Gasteiger partial charge on any atom is -0.508 e. The van der Waals surface area contributed by atoms with Crippen LogP contribution in [-0.2, 0) is 0 Å². The molecule has 0 radical (unpaired) electrons. The van der Waals surface area contributed by atoms with Crippen LogP contribution in [0.15, 0.2) is 18.2 Å². The van der Waals surface area contributed by atoms with Gasteiger partial charge in [-0.25, -0.2) is 0 Å². The van der Waals surface area contributed by atoms with E-state index in [2.05, 4.69) is 0 Å². The first kappa shape index (κ1) is 11.3. The summed E-state index contributed by atoms with van der Waals surface area (Å²) in [5.74, 6) is -0.211. The first-order chi connectivity index (χ1) is 6.57. The van der Waals surface area contributed by atoms with Gasteiger partial charge in [-0.05, 0) is 12.1 Å². The van der Waals surface area contributed by atoms with E-state index < -0.39 is 18.8 Å². The summed E-state index contributed by atoms with van der Waals surface area (Å²) >= 11 is 5.71. The van der Waals surface area contributed by atoms with Gasteiger partial charge in [-0.3, -0.25) is 0 Å². The second-order valence-corrected chi connectivity index (χ2v) is 3.27. The minimum atomic E-state index is -1.39. The zero-order chi connectivity index (χ0) is 10.7. The van der Waals surface area contributed by atoms with Crippen molar-refractivity contribution < 1.29 is 20.4 Å². The molecular formula is C9H11ClO4. The number of hydrogen-bond donors (Lipinski definition) is 4. The third kappa shape index (κ3) is 2.16. The SMILES string of the molecule is OCC(O)C(O)c1c(O)cccc1Cl. The molecule has 0 aromatic heterocycles. The van der Waals surface area contributed by atoms with E-state index in [-0.39, 0.29) is 16.3 Å². The average Bonchev–Trinajstić information content (AvgIpc) is 2.16. The Morgan fingerprint density at radius 3 is 2.43 bits per heavy atom. The summed E-state index contributed by atoms with van der Waals surface area (Å²) in [6.07, 6.45) is -2.76. The Labute approximate surface area is 86.0 Å². The molecule has 1 aromatic carbocycles. The van der Waals surface area contributed by atoms with E-state index in [0.29, 0.717) is 0 Å². The summed E-state index contributed by atoms with van der Waals surface area (Å²) in [5, 5.41) is 36.8. The highest BCUT2D eigenvalue weighted by atomic mass is 35.5. The zero-order valence-electron chi connectivity index (χ0n) is 7.26. The molecule has 0 aliphatic heterocycles. The molecule has 0 spiro atoms. The van der Waals surface area contributed by atoms with Crippen LogP contribution in [0.1, 0.15) is 11.7 Å². The van der Waals surface area contributed by atoms with Crippen LogP contribution in [0.4, 0.5) is 0 Å². The largest absolute Gasteiger partial charge is 0.508 e. The molecule has 2 atom stereocenters. The van der Waals surface area contributed by atoms with Crippen LogP contribution >= 0.6 is 11.6 Å². The molecule has 2 unspecified atom stereocenters. The standard InChI is InChI=1S/C9H11ClO4/c10-5-2-1-3-6(12)8(5)9(14)7(13)4-11/h1-3,7,9,11-14H,4H2. The van der Waals surface area contributed by atoms with Crippen LogP contribution < -0.4 is 0 Å². The molecule has 0 amide bonds. The van der Waals surface area contributed by atoms with Gasteiger partial charge in [0.15, 0.2) is 0 Å². The van der Waals surface area contributed by atoms with Gasteiger partial charge in [0.1, 0.15) is 18.0 Å². The van der Waals surface area contributed by atoms with Crippen LogP contribution in [0.25, 0.3) is 0 Å². The lowest BCUT2D eigenvalue weighted by Gasteiger charge is -2.17. The zero-order valence-corrected chi connectivity index (χ0v) is 8.02. The maximum atomic E-state index is 9.50. The number of aromatic hydroxyl groups is 1. The van der Waals surface area contributed by atoms with Crippen molar-refractivity contribution in [1.82, 2.24) is 0 Å². The van der Waals surface area contributed by atoms with Crippen LogP contribution in [0.2, 0.25) is 5.02 Å². The molecule has 0 aliphatic carbocycles. The lowest BCUT2D eigenvalue weighted by atomic mass is 10.0. The number of aliphatic hydroxyl groups is 3. The maximum absolute atomic E-state index is 9.50. The lowest BCUT2D eigenvalue weighted by molar-refractivity contribution is -0.0161. The fraction of sp³-hybridized carbons (Fsp3) is 0.333. The quantitative estimate of drug-likeness (QED) is 0.593. The Morgan fingerprint density at radius 2 is 1.93 bits per heavy atom. The number of phenols is 1. The summed E-state index contributed by atoms with van der Waals surface area (Å²) in [7, 11) is 0. The second kappa shape index (κ2) is 4.61. The number of rotatable bonds is 3. The number of benzene rings is 1. The van der Waals surface area contributed by atoms with Gasteiger partial charge in [0.2, 0.25) is 0 Å². The predicted molar refractivity (Wildman–Crippen MR) is 51.2 cm³/mol. The summed E-state index contributed by atoms with van der Waals surface area (Å²) in [6.45, 7) is -0.605. The monoisotopic (exact) mass is 218 g/mol. The topological polar surface area (TPSA) is 80.9 Å². The third-order valence-corrected chi connectivity index (χ3v) is 2.21. The molecule has 0 fully saturated rings. The Kier molecular flexibility index (Phi) is 3.71. The summed E-state index contributed by atoms with van der Waals surface area (Å²) in [5.41, 5.74) is 0.0238. The van der Waals surface area contributed by atoms with Gasteiger partial charge in [0.25, 0.3) is 0 Å². The summed E-state index contributed by atoms with van der Waals surface area (Å²) in [4.78, 5) is 0. The van der Waals surface area contributed by atoms with Gasteiger partial charge in [-0.2, -0.15) is 0 Å². The highest BCUT2D eigenvalue weighted by Crippen LogP contribution is 2.32. The van der Waals surface area contributed by atoms with Crippen LogP contribution in [0.5, 0.6) is 5.75 Å². The highest BCUT2D eigenvalue weighted by molar-refractivity contribution is 6.31. The molecule has 0 aliphatic rings. The molecule has 78 valence electrons. The first-order valence-corrected chi connectivity index (χ1v) is 4.40. The Bertz CT molecular complexity index is 295. The van der Waals surface area contributed by atoms with Crippen molar-refractivity contribution in [2.75, 3.05) is 6.61 Å². The molecule has 0 saturated carbocycles. The lowest BCUT2D eigenvalue weighted by Crippen LogP contribution is -2.22. The van der Waals surface area contributed by atoms with E-state index in [1.165, 1.54) is 18.2 Å². The summed E-state index contributed by atoms with van der Waals surface area (Å²) < 4.78 is 0. The second-order valence-electron chi connectivity index (χ2n) is 2.87.